The van der Waals surface area contributed by atoms with E-state index in [1.165, 1.54) is 136 Å². The van der Waals surface area contributed by atoms with Crippen LogP contribution in [0.3, 0.4) is 0 Å². The molecule has 1 fully saturated rings. The van der Waals surface area contributed by atoms with Gasteiger partial charge in [-0.3, -0.25) is 0 Å². The SMILES string of the molecule is Cc1cc(C(C)(C)C)ccc1N(c1cc2c3c(c1)-n1c4c(c5cc(C(C)(C)C)cc(c51)B3c1cc(C(C)(C)C)cc3c1N2C1(C)CCCCC31C)-c1ccccc1C4(C)C)c1ccc(C(C)(C)C)cc1C. The van der Waals surface area contributed by atoms with Crippen molar-refractivity contribution in [3.05, 3.63) is 147 Å². The molecule has 71 heavy (non-hydrogen) atoms. The molecule has 3 nitrogen and oxygen atoms in total. The molecule has 3 aliphatic heterocycles. The van der Waals surface area contributed by atoms with Crippen molar-refractivity contribution in [2.24, 2.45) is 0 Å². The quantitative estimate of drug-likeness (QED) is 0.164. The second-order valence-corrected chi connectivity index (χ2v) is 28.0. The Morgan fingerprint density at radius 3 is 1.69 bits per heavy atom. The van der Waals surface area contributed by atoms with Gasteiger partial charge in [-0.15, -0.1) is 0 Å². The van der Waals surface area contributed by atoms with Gasteiger partial charge in [0, 0.05) is 61.4 Å². The first-order valence-electron chi connectivity index (χ1n) is 27.1. The molecule has 0 N–H and O–H groups in total. The Bertz CT molecular complexity index is 3400. The maximum absolute atomic E-state index is 2.95. The third-order valence-electron chi connectivity index (χ3n) is 18.9. The fourth-order valence-corrected chi connectivity index (χ4v) is 14.5. The van der Waals surface area contributed by atoms with E-state index in [9.17, 15) is 0 Å². The lowest BCUT2D eigenvalue weighted by molar-refractivity contribution is 0.195. The van der Waals surface area contributed by atoms with Crippen molar-refractivity contribution in [1.29, 1.82) is 0 Å². The first-order chi connectivity index (χ1) is 33.1. The van der Waals surface area contributed by atoms with Crippen molar-refractivity contribution in [3.8, 4) is 16.8 Å². The number of aryl methyl sites for hydroxylation is 2. The fourth-order valence-electron chi connectivity index (χ4n) is 14.5. The molecule has 6 aromatic carbocycles. The minimum absolute atomic E-state index is 0.0129. The van der Waals surface area contributed by atoms with E-state index < -0.39 is 0 Å². The van der Waals surface area contributed by atoms with Gasteiger partial charge in [-0.25, -0.2) is 0 Å². The molecule has 4 heterocycles. The number of aromatic nitrogens is 1. The molecule has 0 bridgehead atoms. The van der Waals surface area contributed by atoms with Crippen LogP contribution in [0.15, 0.2) is 97.1 Å². The zero-order chi connectivity index (χ0) is 50.7. The molecule has 7 aromatic rings. The molecule has 1 saturated carbocycles. The van der Waals surface area contributed by atoms with Crippen molar-refractivity contribution in [2.75, 3.05) is 9.80 Å². The van der Waals surface area contributed by atoms with Gasteiger partial charge in [0.05, 0.1) is 11.2 Å². The maximum atomic E-state index is 2.95. The third kappa shape index (κ3) is 6.21. The molecule has 0 spiro atoms. The first kappa shape index (κ1) is 46.6. The Balaban J connectivity index is 1.28. The largest absolute Gasteiger partial charge is 0.335 e. The van der Waals surface area contributed by atoms with Crippen molar-refractivity contribution in [1.82, 2.24) is 4.57 Å². The molecule has 0 amide bonds. The van der Waals surface area contributed by atoms with Crippen molar-refractivity contribution in [2.45, 2.75) is 188 Å². The van der Waals surface area contributed by atoms with Crippen LogP contribution in [0.25, 0.3) is 27.7 Å². The lowest BCUT2D eigenvalue weighted by Crippen LogP contribution is -2.64. The minimum atomic E-state index is -0.237. The van der Waals surface area contributed by atoms with Crippen LogP contribution < -0.4 is 26.2 Å². The van der Waals surface area contributed by atoms with Crippen LogP contribution in [-0.2, 0) is 32.5 Å². The summed E-state index contributed by atoms with van der Waals surface area (Å²) in [6, 6.07) is 39.8. The van der Waals surface area contributed by atoms with Crippen molar-refractivity contribution < 1.29 is 0 Å². The zero-order valence-corrected chi connectivity index (χ0v) is 46.5. The highest BCUT2D eigenvalue weighted by molar-refractivity contribution is 7.00. The summed E-state index contributed by atoms with van der Waals surface area (Å²) in [6.45, 7) is 43.6. The van der Waals surface area contributed by atoms with Gasteiger partial charge in [0.25, 0.3) is 6.71 Å². The number of hydrogen-bond acceptors (Lipinski definition) is 2. The Morgan fingerprint density at radius 2 is 1.10 bits per heavy atom. The van der Waals surface area contributed by atoms with E-state index in [1.54, 1.807) is 5.56 Å². The van der Waals surface area contributed by atoms with Crippen LogP contribution in [0.5, 0.6) is 0 Å². The molecule has 364 valence electrons. The van der Waals surface area contributed by atoms with Gasteiger partial charge in [0.15, 0.2) is 0 Å². The van der Waals surface area contributed by atoms with Gasteiger partial charge in [0.1, 0.15) is 0 Å². The average Bonchev–Trinajstić information content (AvgIpc) is 3.83. The minimum Gasteiger partial charge on any atom is -0.335 e. The fraction of sp³-hybridized carbons (Fsp3) is 0.433. The van der Waals surface area contributed by atoms with Crippen molar-refractivity contribution >= 4 is 62.4 Å². The van der Waals surface area contributed by atoms with Gasteiger partial charge in [-0.05, 0) is 152 Å². The van der Waals surface area contributed by atoms with Gasteiger partial charge in [-0.2, -0.15) is 0 Å². The topological polar surface area (TPSA) is 11.4 Å². The zero-order valence-electron chi connectivity index (χ0n) is 46.5. The molecule has 0 radical (unpaired) electrons. The predicted octanol–water partition coefficient (Wildman–Crippen LogP) is 16.1. The highest BCUT2D eigenvalue weighted by atomic mass is 15.3. The molecular weight excluding hydrogens is 858 g/mol. The van der Waals surface area contributed by atoms with Gasteiger partial charge >= 0.3 is 0 Å². The molecule has 1 aromatic heterocycles. The van der Waals surface area contributed by atoms with E-state index in [1.807, 2.05) is 0 Å². The number of nitrogens with zero attached hydrogens (tertiary/aromatic N) is 3. The highest BCUT2D eigenvalue weighted by Crippen LogP contribution is 2.63. The second kappa shape index (κ2) is 14.4. The van der Waals surface area contributed by atoms with Crippen LogP contribution in [0.1, 0.15) is 187 Å². The van der Waals surface area contributed by atoms with Gasteiger partial charge < -0.3 is 14.4 Å². The maximum Gasteiger partial charge on any atom is 0.252 e. The van der Waals surface area contributed by atoms with Crippen LogP contribution in [0, 0.1) is 13.8 Å². The summed E-state index contributed by atoms with van der Waals surface area (Å²) in [6.07, 6.45) is 4.86. The molecular formula is C67H78BN3. The van der Waals surface area contributed by atoms with E-state index in [4.69, 9.17) is 0 Å². The molecule has 2 aliphatic carbocycles. The molecule has 4 heteroatoms. The number of hydrogen-bond donors (Lipinski definition) is 0. The lowest BCUT2D eigenvalue weighted by atomic mass is 9.33. The number of anilines is 5. The summed E-state index contributed by atoms with van der Waals surface area (Å²) in [5, 5.41) is 1.40. The van der Waals surface area contributed by atoms with Gasteiger partial charge in [-0.1, -0.05) is 183 Å². The van der Waals surface area contributed by atoms with E-state index in [-0.39, 0.29) is 44.7 Å². The first-order valence-corrected chi connectivity index (χ1v) is 27.1. The Labute approximate surface area is 427 Å². The Kier molecular flexibility index (Phi) is 9.44. The smallest absolute Gasteiger partial charge is 0.252 e. The second-order valence-electron chi connectivity index (χ2n) is 28.0. The predicted molar refractivity (Wildman–Crippen MR) is 307 cm³/mol. The average molecular weight is 936 g/mol. The number of fused-ring (bicyclic) bond motifs is 12. The Hall–Kier alpha value is -5.48. The Morgan fingerprint density at radius 1 is 0.549 bits per heavy atom. The highest BCUT2D eigenvalue weighted by Gasteiger charge is 2.62. The standard InChI is InChI=1S/C67H78BN3/c1-39-31-41(61(3,4)5)25-27-52(39)69(53-28-26-42(32-40(53)2)62(6,7)8)45-37-54-57-55(38-45)71-59-49(66(17)29-21-22-30-67(66,71)18)34-44(64(12,13)14)36-51(59)68(57)50-35-43(63(9,10)11)33-47-56-46-23-19-20-24-48(46)65(15,16)60(56)70(54)58(47)50/h19-20,23-28,31-38H,21-22,29-30H2,1-18H3. The number of rotatable bonds is 3. The van der Waals surface area contributed by atoms with Crippen molar-refractivity contribution in [3.63, 3.8) is 0 Å². The summed E-state index contributed by atoms with van der Waals surface area (Å²) in [4.78, 5) is 5.59. The summed E-state index contributed by atoms with van der Waals surface area (Å²) >= 11 is 0. The van der Waals surface area contributed by atoms with E-state index in [0.29, 0.717) is 0 Å². The molecule has 5 aliphatic rings. The normalized spacial score (nSPS) is 20.5. The van der Waals surface area contributed by atoms with E-state index in [0.717, 1.165) is 6.42 Å². The molecule has 0 saturated heterocycles. The summed E-state index contributed by atoms with van der Waals surface area (Å²) in [5.74, 6) is 0. The van der Waals surface area contributed by atoms with Gasteiger partial charge in [0.2, 0.25) is 0 Å². The van der Waals surface area contributed by atoms with E-state index in [2.05, 4.69) is 236 Å². The van der Waals surface area contributed by atoms with Crippen LogP contribution in [0.4, 0.5) is 28.4 Å². The molecule has 12 rings (SSSR count). The van der Waals surface area contributed by atoms with Crippen LogP contribution in [-0.4, -0.2) is 16.8 Å². The van der Waals surface area contributed by atoms with E-state index >= 15 is 0 Å². The summed E-state index contributed by atoms with van der Waals surface area (Å²) in [7, 11) is 0. The van der Waals surface area contributed by atoms with Crippen LogP contribution in [0.2, 0.25) is 0 Å². The monoisotopic (exact) mass is 936 g/mol. The molecule has 2 atom stereocenters. The molecule has 2 unspecified atom stereocenters. The third-order valence-corrected chi connectivity index (χ3v) is 18.9. The number of benzene rings is 6. The van der Waals surface area contributed by atoms with Crippen LogP contribution >= 0.6 is 0 Å². The summed E-state index contributed by atoms with van der Waals surface area (Å²) in [5.41, 5.74) is 28.8. The lowest BCUT2D eigenvalue weighted by Gasteiger charge is -2.52. The summed E-state index contributed by atoms with van der Waals surface area (Å²) < 4.78 is 2.81.